The number of benzene rings is 2. The zero-order valence-corrected chi connectivity index (χ0v) is 17.8. The highest BCUT2D eigenvalue weighted by atomic mass is 19.1. The number of amides is 1. The van der Waals surface area contributed by atoms with E-state index in [1.165, 1.54) is 17.7 Å². The fourth-order valence-electron chi connectivity index (χ4n) is 3.77. The van der Waals surface area contributed by atoms with E-state index in [1.54, 1.807) is 0 Å². The van der Waals surface area contributed by atoms with Crippen molar-refractivity contribution in [2.75, 3.05) is 19.7 Å². The average molecular weight is 399 g/mol. The third-order valence-electron chi connectivity index (χ3n) is 5.64. The molecule has 1 fully saturated rings. The van der Waals surface area contributed by atoms with Crippen molar-refractivity contribution in [1.82, 2.24) is 9.80 Å². The van der Waals surface area contributed by atoms with Crippen LogP contribution in [0.25, 0.3) is 0 Å². The van der Waals surface area contributed by atoms with Crippen LogP contribution >= 0.6 is 0 Å². The van der Waals surface area contributed by atoms with Crippen LogP contribution in [0.15, 0.2) is 48.5 Å². The van der Waals surface area contributed by atoms with Crippen LogP contribution in [0.5, 0.6) is 5.75 Å². The standard InChI is InChI=1S/C24H31FN2O2/c1-17(2)21-7-11-23(12-8-21)29-16-24(28)27-14-18(3)26(13-19(27)4)15-20-5-9-22(25)10-6-20/h5-12,17-19H,13-16H2,1-4H3. The molecule has 2 aromatic carbocycles. The molecule has 2 unspecified atom stereocenters. The Labute approximate surface area is 173 Å². The van der Waals surface area contributed by atoms with E-state index in [0.717, 1.165) is 24.4 Å². The minimum Gasteiger partial charge on any atom is -0.484 e. The zero-order chi connectivity index (χ0) is 21.0. The second-order valence-electron chi connectivity index (χ2n) is 8.31. The number of carbonyl (C=O) groups is 1. The van der Waals surface area contributed by atoms with Crippen molar-refractivity contribution < 1.29 is 13.9 Å². The molecule has 0 aliphatic carbocycles. The van der Waals surface area contributed by atoms with E-state index in [-0.39, 0.29) is 30.4 Å². The second-order valence-corrected chi connectivity index (χ2v) is 8.31. The van der Waals surface area contributed by atoms with E-state index < -0.39 is 0 Å². The minimum atomic E-state index is -0.218. The number of halogens is 1. The summed E-state index contributed by atoms with van der Waals surface area (Å²) in [5, 5.41) is 0. The summed E-state index contributed by atoms with van der Waals surface area (Å²) < 4.78 is 18.9. The smallest absolute Gasteiger partial charge is 0.260 e. The van der Waals surface area contributed by atoms with Crippen LogP contribution < -0.4 is 4.74 Å². The first-order valence-corrected chi connectivity index (χ1v) is 10.3. The molecule has 2 atom stereocenters. The van der Waals surface area contributed by atoms with E-state index in [0.29, 0.717) is 12.5 Å². The Balaban J connectivity index is 1.53. The highest BCUT2D eigenvalue weighted by Gasteiger charge is 2.32. The van der Waals surface area contributed by atoms with Crippen LogP contribution in [0.1, 0.15) is 44.7 Å². The van der Waals surface area contributed by atoms with E-state index in [1.807, 2.05) is 41.3 Å². The summed E-state index contributed by atoms with van der Waals surface area (Å²) in [6, 6.07) is 14.9. The number of piperazine rings is 1. The molecule has 1 aliphatic rings. The fourth-order valence-corrected chi connectivity index (χ4v) is 3.77. The maximum atomic E-state index is 13.1. The molecule has 0 spiro atoms. The molecule has 1 amide bonds. The maximum absolute atomic E-state index is 13.1. The van der Waals surface area contributed by atoms with Gasteiger partial charge in [-0.1, -0.05) is 38.1 Å². The Hall–Kier alpha value is -2.40. The quantitative estimate of drug-likeness (QED) is 0.721. The molecule has 0 radical (unpaired) electrons. The van der Waals surface area contributed by atoms with E-state index in [2.05, 4.69) is 32.6 Å². The molecule has 0 bridgehead atoms. The lowest BCUT2D eigenvalue weighted by molar-refractivity contribution is -0.139. The number of ether oxygens (including phenoxy) is 1. The van der Waals surface area contributed by atoms with Crippen LogP contribution in [0, 0.1) is 5.82 Å². The number of carbonyl (C=O) groups excluding carboxylic acids is 1. The first-order chi connectivity index (χ1) is 13.8. The van der Waals surface area contributed by atoms with Gasteiger partial charge in [0.05, 0.1) is 0 Å². The maximum Gasteiger partial charge on any atom is 0.260 e. The number of rotatable bonds is 6. The number of nitrogens with zero attached hydrogens (tertiary/aromatic N) is 2. The largest absolute Gasteiger partial charge is 0.484 e. The van der Waals surface area contributed by atoms with Crippen molar-refractivity contribution in [3.8, 4) is 5.75 Å². The lowest BCUT2D eigenvalue weighted by atomic mass is 10.0. The van der Waals surface area contributed by atoms with Gasteiger partial charge in [0.25, 0.3) is 5.91 Å². The summed E-state index contributed by atoms with van der Waals surface area (Å²) in [5.41, 5.74) is 2.34. The van der Waals surface area contributed by atoms with E-state index in [4.69, 9.17) is 4.74 Å². The highest BCUT2D eigenvalue weighted by molar-refractivity contribution is 5.78. The monoisotopic (exact) mass is 398 g/mol. The lowest BCUT2D eigenvalue weighted by Gasteiger charge is -2.44. The first-order valence-electron chi connectivity index (χ1n) is 10.3. The van der Waals surface area contributed by atoms with Crippen LogP contribution in [0.2, 0.25) is 0 Å². The first kappa shape index (κ1) is 21.3. The van der Waals surface area contributed by atoms with Crippen molar-refractivity contribution >= 4 is 5.91 Å². The molecular weight excluding hydrogens is 367 g/mol. The zero-order valence-electron chi connectivity index (χ0n) is 17.8. The number of hydrogen-bond acceptors (Lipinski definition) is 3. The van der Waals surface area contributed by atoms with Crippen LogP contribution in [0.4, 0.5) is 4.39 Å². The van der Waals surface area contributed by atoms with Gasteiger partial charge in [0.2, 0.25) is 0 Å². The molecule has 0 saturated carbocycles. The predicted molar refractivity (Wildman–Crippen MR) is 113 cm³/mol. The predicted octanol–water partition coefficient (Wildman–Crippen LogP) is 4.45. The van der Waals surface area contributed by atoms with Crippen molar-refractivity contribution in [3.05, 3.63) is 65.5 Å². The molecule has 2 aromatic rings. The third kappa shape index (κ3) is 5.57. The molecular formula is C24H31FN2O2. The molecule has 3 rings (SSSR count). The van der Waals surface area contributed by atoms with Crippen LogP contribution in [-0.2, 0) is 11.3 Å². The number of hydrogen-bond donors (Lipinski definition) is 0. The van der Waals surface area contributed by atoms with E-state index >= 15 is 0 Å². The van der Waals surface area contributed by atoms with Gasteiger partial charge >= 0.3 is 0 Å². The lowest BCUT2D eigenvalue weighted by Crippen LogP contribution is -2.58. The summed E-state index contributed by atoms with van der Waals surface area (Å²) in [7, 11) is 0. The molecule has 1 heterocycles. The summed E-state index contributed by atoms with van der Waals surface area (Å²) in [6.07, 6.45) is 0. The summed E-state index contributed by atoms with van der Waals surface area (Å²) in [5.74, 6) is 0.987. The molecule has 4 nitrogen and oxygen atoms in total. The molecule has 0 N–H and O–H groups in total. The molecule has 5 heteroatoms. The van der Waals surface area contributed by atoms with Gasteiger partial charge in [-0.05, 0) is 55.2 Å². The fraction of sp³-hybridized carbons (Fsp3) is 0.458. The Morgan fingerprint density at radius 3 is 2.31 bits per heavy atom. The topological polar surface area (TPSA) is 32.8 Å². The van der Waals surface area contributed by atoms with Crippen molar-refractivity contribution in [1.29, 1.82) is 0 Å². The van der Waals surface area contributed by atoms with Crippen molar-refractivity contribution in [3.63, 3.8) is 0 Å². The van der Waals surface area contributed by atoms with Crippen molar-refractivity contribution in [2.24, 2.45) is 0 Å². The minimum absolute atomic E-state index is 0.0127. The molecule has 0 aromatic heterocycles. The van der Waals surface area contributed by atoms with Crippen molar-refractivity contribution in [2.45, 2.75) is 52.2 Å². The summed E-state index contributed by atoms with van der Waals surface area (Å²) >= 11 is 0. The molecule has 1 aliphatic heterocycles. The third-order valence-corrected chi connectivity index (χ3v) is 5.64. The Morgan fingerprint density at radius 2 is 1.69 bits per heavy atom. The SMILES string of the molecule is CC(C)c1ccc(OCC(=O)N2CC(C)N(Cc3ccc(F)cc3)CC2C)cc1. The normalized spacial score (nSPS) is 20.1. The van der Waals surface area contributed by atoms with Gasteiger partial charge in [-0.3, -0.25) is 9.69 Å². The van der Waals surface area contributed by atoms with Gasteiger partial charge in [-0.2, -0.15) is 0 Å². The summed E-state index contributed by atoms with van der Waals surface area (Å²) in [4.78, 5) is 17.0. The van der Waals surface area contributed by atoms with Crippen LogP contribution in [0.3, 0.4) is 0 Å². The van der Waals surface area contributed by atoms with E-state index in [9.17, 15) is 9.18 Å². The molecule has 29 heavy (non-hydrogen) atoms. The Kier molecular flexibility index (Phi) is 6.91. The van der Waals surface area contributed by atoms with Gasteiger partial charge in [-0.15, -0.1) is 0 Å². The highest BCUT2D eigenvalue weighted by Crippen LogP contribution is 2.21. The van der Waals surface area contributed by atoms with Gasteiger partial charge in [0.15, 0.2) is 6.61 Å². The Bertz CT molecular complexity index is 805. The second kappa shape index (κ2) is 9.40. The average Bonchev–Trinajstić information content (AvgIpc) is 2.70. The van der Waals surface area contributed by atoms with Gasteiger partial charge in [0.1, 0.15) is 11.6 Å². The van der Waals surface area contributed by atoms with Gasteiger partial charge < -0.3 is 9.64 Å². The van der Waals surface area contributed by atoms with Gasteiger partial charge in [-0.25, -0.2) is 4.39 Å². The molecule has 1 saturated heterocycles. The van der Waals surface area contributed by atoms with Gasteiger partial charge in [0, 0.05) is 31.7 Å². The van der Waals surface area contributed by atoms with Crippen LogP contribution in [-0.4, -0.2) is 47.5 Å². The molecule has 156 valence electrons. The Morgan fingerprint density at radius 1 is 1.03 bits per heavy atom. The summed E-state index contributed by atoms with van der Waals surface area (Å²) in [6.45, 7) is 10.8.